The van der Waals surface area contributed by atoms with Gasteiger partial charge in [0.2, 0.25) is 0 Å². The van der Waals surface area contributed by atoms with E-state index in [1.807, 2.05) is 0 Å². The van der Waals surface area contributed by atoms with Gasteiger partial charge in [0, 0.05) is 0 Å². The van der Waals surface area contributed by atoms with Crippen molar-refractivity contribution in [2.24, 2.45) is 5.92 Å². The molecule has 0 nitrogen and oxygen atoms in total. The maximum absolute atomic E-state index is 6.78. The molecule has 0 spiro atoms. The second kappa shape index (κ2) is 7.33. The summed E-state index contributed by atoms with van der Waals surface area (Å²) in [6.45, 7) is 4.48. The van der Waals surface area contributed by atoms with Crippen molar-refractivity contribution in [1.29, 1.82) is 0 Å². The first-order valence-corrected chi connectivity index (χ1v) is 8.45. The van der Waals surface area contributed by atoms with Crippen molar-refractivity contribution in [3.8, 4) is 0 Å². The third kappa shape index (κ3) is 3.75. The molecule has 0 bridgehead atoms. The van der Waals surface area contributed by atoms with Gasteiger partial charge in [0.25, 0.3) is 0 Å². The molecule has 1 aliphatic rings. The fourth-order valence-electron chi connectivity index (χ4n) is 3.37. The lowest BCUT2D eigenvalue weighted by Gasteiger charge is -2.22. The minimum Gasteiger partial charge on any atom is -0.118 e. The van der Waals surface area contributed by atoms with E-state index in [2.05, 4.69) is 32.0 Å². The van der Waals surface area contributed by atoms with Crippen LogP contribution in [0.4, 0.5) is 0 Å². The van der Waals surface area contributed by atoms with Crippen LogP contribution in [0.5, 0.6) is 0 Å². The number of alkyl halides is 1. The largest absolute Gasteiger partial charge is 0.118 e. The van der Waals surface area contributed by atoms with E-state index in [1.165, 1.54) is 55.2 Å². The van der Waals surface area contributed by atoms with Crippen LogP contribution in [0.1, 0.15) is 74.4 Å². The van der Waals surface area contributed by atoms with Gasteiger partial charge in [0.1, 0.15) is 0 Å². The minimum atomic E-state index is 0.217. The monoisotopic (exact) mass is 278 g/mol. The number of benzene rings is 1. The van der Waals surface area contributed by atoms with Crippen LogP contribution >= 0.6 is 11.6 Å². The van der Waals surface area contributed by atoms with E-state index in [4.69, 9.17) is 11.6 Å². The van der Waals surface area contributed by atoms with Crippen molar-refractivity contribution < 1.29 is 0 Å². The molecule has 1 fully saturated rings. The highest BCUT2D eigenvalue weighted by Crippen LogP contribution is 2.38. The fourth-order valence-corrected chi connectivity index (χ4v) is 3.75. The highest BCUT2D eigenvalue weighted by molar-refractivity contribution is 6.21. The molecule has 0 amide bonds. The molecular formula is C18H27Cl. The van der Waals surface area contributed by atoms with Gasteiger partial charge < -0.3 is 0 Å². The molecule has 0 aliphatic heterocycles. The van der Waals surface area contributed by atoms with Gasteiger partial charge >= 0.3 is 0 Å². The Balaban J connectivity index is 2.15. The third-order valence-electron chi connectivity index (χ3n) is 4.62. The van der Waals surface area contributed by atoms with Gasteiger partial charge in [-0.15, -0.1) is 11.6 Å². The van der Waals surface area contributed by atoms with Crippen LogP contribution in [-0.2, 0) is 12.8 Å². The molecule has 0 N–H and O–H groups in total. The van der Waals surface area contributed by atoms with Crippen molar-refractivity contribution in [2.45, 2.75) is 70.6 Å². The van der Waals surface area contributed by atoms with Crippen LogP contribution in [0.25, 0.3) is 0 Å². The molecular weight excluding hydrogens is 252 g/mol. The summed E-state index contributed by atoms with van der Waals surface area (Å²) in [7, 11) is 0. The zero-order valence-electron chi connectivity index (χ0n) is 12.4. The first-order valence-electron chi connectivity index (χ1n) is 8.02. The lowest BCUT2D eigenvalue weighted by molar-refractivity contribution is 0.445. The molecule has 1 aromatic carbocycles. The molecule has 0 saturated heterocycles. The van der Waals surface area contributed by atoms with Gasteiger partial charge in [-0.1, -0.05) is 57.7 Å². The van der Waals surface area contributed by atoms with E-state index < -0.39 is 0 Å². The van der Waals surface area contributed by atoms with Crippen molar-refractivity contribution >= 4 is 11.6 Å². The smallest absolute Gasteiger partial charge is 0.0613 e. The van der Waals surface area contributed by atoms with E-state index in [1.54, 1.807) is 0 Å². The Morgan fingerprint density at radius 1 is 1.00 bits per heavy atom. The van der Waals surface area contributed by atoms with E-state index in [9.17, 15) is 0 Å². The maximum atomic E-state index is 6.78. The van der Waals surface area contributed by atoms with E-state index in [0.29, 0.717) is 5.92 Å². The van der Waals surface area contributed by atoms with Gasteiger partial charge in [-0.05, 0) is 48.3 Å². The van der Waals surface area contributed by atoms with Crippen LogP contribution in [0, 0.1) is 5.92 Å². The number of halogens is 1. The Bertz CT molecular complexity index is 389. The van der Waals surface area contributed by atoms with E-state index in [-0.39, 0.29) is 5.38 Å². The Hall–Kier alpha value is -0.490. The molecule has 2 rings (SSSR count). The van der Waals surface area contributed by atoms with Crippen LogP contribution in [0.3, 0.4) is 0 Å². The minimum absolute atomic E-state index is 0.217. The van der Waals surface area contributed by atoms with Crippen LogP contribution in [0.2, 0.25) is 0 Å². The second-order valence-corrected chi connectivity index (χ2v) is 6.36. The predicted molar refractivity (Wildman–Crippen MR) is 85.0 cm³/mol. The number of aryl methyl sites for hydroxylation is 2. The van der Waals surface area contributed by atoms with Crippen LogP contribution in [-0.4, -0.2) is 0 Å². The first-order chi connectivity index (χ1) is 9.26. The zero-order chi connectivity index (χ0) is 13.7. The molecule has 106 valence electrons. The zero-order valence-corrected chi connectivity index (χ0v) is 13.2. The first kappa shape index (κ1) is 14.9. The summed E-state index contributed by atoms with van der Waals surface area (Å²) in [6.07, 6.45) is 10.4. The molecule has 19 heavy (non-hydrogen) atoms. The molecule has 1 aliphatic carbocycles. The molecule has 1 unspecified atom stereocenters. The highest BCUT2D eigenvalue weighted by atomic mass is 35.5. The van der Waals surface area contributed by atoms with Crippen LogP contribution < -0.4 is 0 Å². The average Bonchev–Trinajstić information content (AvgIpc) is 2.74. The Morgan fingerprint density at radius 2 is 1.63 bits per heavy atom. The van der Waals surface area contributed by atoms with Gasteiger partial charge in [-0.2, -0.15) is 0 Å². The molecule has 0 radical (unpaired) electrons. The summed E-state index contributed by atoms with van der Waals surface area (Å²) in [5, 5.41) is 0.217. The molecule has 1 atom stereocenters. The SMILES string of the molecule is CCc1ccc(C(Cl)C2CCCCCC2)cc1CC. The van der Waals surface area contributed by atoms with Crippen LogP contribution in [0.15, 0.2) is 18.2 Å². The second-order valence-electron chi connectivity index (χ2n) is 5.89. The van der Waals surface area contributed by atoms with Gasteiger partial charge in [0.05, 0.1) is 5.38 Å². The van der Waals surface area contributed by atoms with E-state index in [0.717, 1.165) is 12.8 Å². The third-order valence-corrected chi connectivity index (χ3v) is 5.23. The standard InChI is InChI=1S/C18H27Cl/c1-3-14-11-12-17(13-15(14)4-2)18(19)16-9-7-5-6-8-10-16/h11-13,16,18H,3-10H2,1-2H3. The lowest BCUT2D eigenvalue weighted by Crippen LogP contribution is -2.08. The van der Waals surface area contributed by atoms with Gasteiger partial charge in [0.15, 0.2) is 0 Å². The van der Waals surface area contributed by atoms with Gasteiger partial charge in [-0.3, -0.25) is 0 Å². The Kier molecular flexibility index (Phi) is 5.76. The summed E-state index contributed by atoms with van der Waals surface area (Å²) < 4.78 is 0. The molecule has 1 aromatic rings. The summed E-state index contributed by atoms with van der Waals surface area (Å²) in [5.41, 5.74) is 4.32. The Morgan fingerprint density at radius 3 is 2.21 bits per heavy atom. The number of rotatable bonds is 4. The highest BCUT2D eigenvalue weighted by Gasteiger charge is 2.22. The quantitative estimate of drug-likeness (QED) is 0.464. The molecule has 1 heteroatoms. The normalized spacial score (nSPS) is 19.1. The average molecular weight is 279 g/mol. The van der Waals surface area contributed by atoms with E-state index >= 15 is 0 Å². The maximum Gasteiger partial charge on any atom is 0.0613 e. The van der Waals surface area contributed by atoms with Crippen molar-refractivity contribution in [3.63, 3.8) is 0 Å². The fraction of sp³-hybridized carbons (Fsp3) is 0.667. The van der Waals surface area contributed by atoms with Crippen molar-refractivity contribution in [3.05, 3.63) is 34.9 Å². The summed E-state index contributed by atoms with van der Waals surface area (Å²) in [4.78, 5) is 0. The summed E-state index contributed by atoms with van der Waals surface area (Å²) >= 11 is 6.78. The predicted octanol–water partition coefficient (Wildman–Crippen LogP) is 6.06. The molecule has 0 aromatic heterocycles. The molecule has 1 saturated carbocycles. The number of hydrogen-bond acceptors (Lipinski definition) is 0. The van der Waals surface area contributed by atoms with Crippen molar-refractivity contribution in [2.75, 3.05) is 0 Å². The number of hydrogen-bond donors (Lipinski definition) is 0. The van der Waals surface area contributed by atoms with Gasteiger partial charge in [-0.25, -0.2) is 0 Å². The molecule has 0 heterocycles. The topological polar surface area (TPSA) is 0 Å². The summed E-state index contributed by atoms with van der Waals surface area (Å²) in [5.74, 6) is 0.682. The summed E-state index contributed by atoms with van der Waals surface area (Å²) in [6, 6.07) is 6.92. The lowest BCUT2D eigenvalue weighted by atomic mass is 9.89. The van der Waals surface area contributed by atoms with Crippen molar-refractivity contribution in [1.82, 2.24) is 0 Å². The Labute approximate surface area is 123 Å².